The molecule has 0 amide bonds. The Hall–Kier alpha value is -1.36. The smallest absolute Gasteiger partial charge is 0.0828 e. The third kappa shape index (κ3) is 1.95. The number of aromatic nitrogens is 3. The van der Waals surface area contributed by atoms with E-state index in [1.54, 1.807) is 11.3 Å². The van der Waals surface area contributed by atoms with Gasteiger partial charge in [0.05, 0.1) is 28.6 Å². The first-order valence-corrected chi connectivity index (χ1v) is 6.12. The van der Waals surface area contributed by atoms with Crippen molar-refractivity contribution < 1.29 is 0 Å². The molecule has 0 aliphatic rings. The Labute approximate surface area is 99.3 Å². The SMILES string of the molecule is Cc1nn(C)c(C)c1NC(C)c1cncs1. The molecule has 0 radical (unpaired) electrons. The lowest BCUT2D eigenvalue weighted by Gasteiger charge is -2.13. The van der Waals surface area contributed by atoms with Crippen LogP contribution < -0.4 is 5.32 Å². The van der Waals surface area contributed by atoms with Gasteiger partial charge in [0.15, 0.2) is 0 Å². The molecule has 1 unspecified atom stereocenters. The highest BCUT2D eigenvalue weighted by molar-refractivity contribution is 7.09. The minimum atomic E-state index is 0.272. The number of hydrogen-bond acceptors (Lipinski definition) is 4. The lowest BCUT2D eigenvalue weighted by Crippen LogP contribution is -2.06. The Bertz CT molecular complexity index is 472. The summed E-state index contributed by atoms with van der Waals surface area (Å²) in [5.74, 6) is 0. The van der Waals surface area contributed by atoms with E-state index in [9.17, 15) is 0 Å². The van der Waals surface area contributed by atoms with Crippen LogP contribution in [0.4, 0.5) is 5.69 Å². The zero-order valence-electron chi connectivity index (χ0n) is 9.98. The molecular weight excluding hydrogens is 220 g/mol. The summed E-state index contributed by atoms with van der Waals surface area (Å²) in [7, 11) is 1.96. The highest BCUT2D eigenvalue weighted by Gasteiger charge is 2.13. The molecule has 0 fully saturated rings. The maximum absolute atomic E-state index is 4.39. The van der Waals surface area contributed by atoms with Crippen molar-refractivity contribution in [3.63, 3.8) is 0 Å². The molecule has 1 N–H and O–H groups in total. The topological polar surface area (TPSA) is 42.7 Å². The first kappa shape index (κ1) is 11.1. The quantitative estimate of drug-likeness (QED) is 0.891. The molecule has 4 nitrogen and oxygen atoms in total. The molecule has 2 rings (SSSR count). The molecule has 2 aromatic rings. The Morgan fingerprint density at radius 2 is 2.19 bits per heavy atom. The molecule has 16 heavy (non-hydrogen) atoms. The van der Waals surface area contributed by atoms with Gasteiger partial charge in [-0.1, -0.05) is 0 Å². The fraction of sp³-hybridized carbons (Fsp3) is 0.455. The Morgan fingerprint density at radius 3 is 2.69 bits per heavy atom. The Morgan fingerprint density at radius 1 is 1.44 bits per heavy atom. The van der Waals surface area contributed by atoms with Crippen LogP contribution in [0, 0.1) is 13.8 Å². The molecule has 5 heteroatoms. The lowest BCUT2D eigenvalue weighted by atomic mass is 10.2. The van der Waals surface area contributed by atoms with Crippen LogP contribution in [-0.4, -0.2) is 14.8 Å². The van der Waals surface area contributed by atoms with Gasteiger partial charge in [-0.05, 0) is 20.8 Å². The summed E-state index contributed by atoms with van der Waals surface area (Å²) >= 11 is 1.67. The standard InChI is InChI=1S/C11H16N4S/c1-7(10-5-12-6-16-10)13-11-8(2)14-15(4)9(11)3/h5-7,13H,1-4H3. The molecule has 2 aromatic heterocycles. The molecule has 0 spiro atoms. The number of thiazole rings is 1. The molecule has 0 saturated heterocycles. The van der Waals surface area contributed by atoms with Gasteiger partial charge in [-0.15, -0.1) is 11.3 Å². The lowest BCUT2D eigenvalue weighted by molar-refractivity contribution is 0.731. The van der Waals surface area contributed by atoms with Crippen LogP contribution in [0.3, 0.4) is 0 Å². The summed E-state index contributed by atoms with van der Waals surface area (Å²) in [4.78, 5) is 5.33. The summed E-state index contributed by atoms with van der Waals surface area (Å²) in [5, 5.41) is 7.88. The van der Waals surface area contributed by atoms with Crippen molar-refractivity contribution in [2.45, 2.75) is 26.8 Å². The maximum Gasteiger partial charge on any atom is 0.0828 e. The number of anilines is 1. The number of aryl methyl sites for hydroxylation is 2. The van der Waals surface area contributed by atoms with Crippen molar-refractivity contribution in [2.24, 2.45) is 7.05 Å². The van der Waals surface area contributed by atoms with Gasteiger partial charge in [0.25, 0.3) is 0 Å². The van der Waals surface area contributed by atoms with E-state index in [2.05, 4.69) is 29.2 Å². The molecule has 86 valence electrons. The largest absolute Gasteiger partial charge is 0.375 e. The average molecular weight is 236 g/mol. The summed E-state index contributed by atoms with van der Waals surface area (Å²) in [6.45, 7) is 6.23. The van der Waals surface area contributed by atoms with Gasteiger partial charge in [0, 0.05) is 18.1 Å². The molecule has 0 aromatic carbocycles. The van der Waals surface area contributed by atoms with E-state index >= 15 is 0 Å². The van der Waals surface area contributed by atoms with E-state index in [1.165, 1.54) is 4.88 Å². The van der Waals surface area contributed by atoms with Crippen LogP contribution in [-0.2, 0) is 7.05 Å². The highest BCUT2D eigenvalue weighted by atomic mass is 32.1. The number of nitrogens with zero attached hydrogens (tertiary/aromatic N) is 3. The maximum atomic E-state index is 4.39. The fourth-order valence-electron chi connectivity index (χ4n) is 1.71. The van der Waals surface area contributed by atoms with E-state index in [1.807, 2.05) is 30.4 Å². The van der Waals surface area contributed by atoms with Gasteiger partial charge in [0.2, 0.25) is 0 Å². The summed E-state index contributed by atoms with van der Waals surface area (Å²) in [6.07, 6.45) is 1.91. The van der Waals surface area contributed by atoms with Gasteiger partial charge in [-0.3, -0.25) is 9.67 Å². The van der Waals surface area contributed by atoms with Crippen LogP contribution in [0.1, 0.15) is 29.2 Å². The minimum absolute atomic E-state index is 0.272. The van der Waals surface area contributed by atoms with E-state index in [4.69, 9.17) is 0 Å². The highest BCUT2D eigenvalue weighted by Crippen LogP contribution is 2.26. The van der Waals surface area contributed by atoms with Crippen molar-refractivity contribution in [1.29, 1.82) is 0 Å². The summed E-state index contributed by atoms with van der Waals surface area (Å²) in [6, 6.07) is 0.272. The molecule has 0 aliphatic heterocycles. The van der Waals surface area contributed by atoms with Crippen molar-refractivity contribution in [3.8, 4) is 0 Å². The number of nitrogens with one attached hydrogen (secondary N) is 1. The van der Waals surface area contributed by atoms with Crippen molar-refractivity contribution in [2.75, 3.05) is 5.32 Å². The van der Waals surface area contributed by atoms with E-state index < -0.39 is 0 Å². The molecule has 2 heterocycles. The number of hydrogen-bond donors (Lipinski definition) is 1. The van der Waals surface area contributed by atoms with Crippen LogP contribution in [0.2, 0.25) is 0 Å². The molecule has 1 atom stereocenters. The zero-order valence-corrected chi connectivity index (χ0v) is 10.8. The van der Waals surface area contributed by atoms with Crippen molar-refractivity contribution in [3.05, 3.63) is 28.0 Å². The monoisotopic (exact) mass is 236 g/mol. The molecule has 0 aliphatic carbocycles. The van der Waals surface area contributed by atoms with Crippen molar-refractivity contribution >= 4 is 17.0 Å². The van der Waals surface area contributed by atoms with E-state index in [0.29, 0.717) is 0 Å². The third-order valence-corrected chi connectivity index (χ3v) is 3.71. The van der Waals surface area contributed by atoms with E-state index in [-0.39, 0.29) is 6.04 Å². The normalized spacial score (nSPS) is 12.8. The first-order valence-electron chi connectivity index (χ1n) is 5.24. The summed E-state index contributed by atoms with van der Waals surface area (Å²) < 4.78 is 1.90. The predicted molar refractivity (Wildman–Crippen MR) is 66.8 cm³/mol. The van der Waals surface area contributed by atoms with Gasteiger partial charge in [-0.25, -0.2) is 0 Å². The Balaban J connectivity index is 2.21. The second-order valence-corrected chi connectivity index (χ2v) is 4.86. The molecule has 0 saturated carbocycles. The fourth-order valence-corrected chi connectivity index (χ4v) is 2.34. The second-order valence-electron chi connectivity index (χ2n) is 3.94. The van der Waals surface area contributed by atoms with E-state index in [0.717, 1.165) is 17.1 Å². The number of rotatable bonds is 3. The predicted octanol–water partition coefficient (Wildman–Crippen LogP) is 2.67. The average Bonchev–Trinajstić information content (AvgIpc) is 2.83. The van der Waals surface area contributed by atoms with Gasteiger partial charge < -0.3 is 5.32 Å². The zero-order chi connectivity index (χ0) is 11.7. The molecular formula is C11H16N4S. The van der Waals surface area contributed by atoms with Gasteiger partial charge >= 0.3 is 0 Å². The van der Waals surface area contributed by atoms with Gasteiger partial charge in [0.1, 0.15) is 0 Å². The first-order chi connectivity index (χ1) is 7.59. The Kier molecular flexibility index (Phi) is 2.96. The van der Waals surface area contributed by atoms with Crippen LogP contribution >= 0.6 is 11.3 Å². The van der Waals surface area contributed by atoms with Crippen molar-refractivity contribution in [1.82, 2.24) is 14.8 Å². The molecule has 0 bridgehead atoms. The van der Waals surface area contributed by atoms with Crippen LogP contribution in [0.25, 0.3) is 0 Å². The minimum Gasteiger partial charge on any atom is -0.375 e. The summed E-state index contributed by atoms with van der Waals surface area (Å²) in [5.41, 5.74) is 5.19. The van der Waals surface area contributed by atoms with Crippen LogP contribution in [0.5, 0.6) is 0 Å². The third-order valence-electron chi connectivity index (χ3n) is 2.75. The van der Waals surface area contributed by atoms with Gasteiger partial charge in [-0.2, -0.15) is 5.10 Å². The second kappa shape index (κ2) is 4.25. The van der Waals surface area contributed by atoms with Crippen LogP contribution in [0.15, 0.2) is 11.7 Å².